The molecular weight excluding hydrogens is 442 g/mol. The van der Waals surface area contributed by atoms with E-state index >= 15 is 0 Å². The minimum Gasteiger partial charge on any atom is -0.480 e. The Morgan fingerprint density at radius 1 is 1.16 bits per heavy atom. The first-order valence-corrected chi connectivity index (χ1v) is 10.9. The van der Waals surface area contributed by atoms with Crippen molar-refractivity contribution in [2.75, 3.05) is 18.8 Å². The molecule has 1 heterocycles. The monoisotopic (exact) mass is 475 g/mol. The van der Waals surface area contributed by atoms with Crippen molar-refractivity contribution in [3.05, 3.63) is 0 Å². The number of rotatable bonds is 13. The van der Waals surface area contributed by atoms with Crippen LogP contribution in [0.25, 0.3) is 0 Å². The lowest BCUT2D eigenvalue weighted by Crippen LogP contribution is -2.58. The fraction of sp³-hybridized carbons (Fsp3) is 0.722. The van der Waals surface area contributed by atoms with Crippen molar-refractivity contribution in [1.82, 2.24) is 21.3 Å². The van der Waals surface area contributed by atoms with Gasteiger partial charge in [0.1, 0.15) is 12.1 Å². The number of amides is 3. The number of carbonyl (C=O) groups is 4. The highest BCUT2D eigenvalue weighted by molar-refractivity contribution is 7.80. The van der Waals surface area contributed by atoms with Gasteiger partial charge in [-0.15, -0.1) is 0 Å². The maximum Gasteiger partial charge on any atom is 0.328 e. The van der Waals surface area contributed by atoms with Crippen molar-refractivity contribution in [3.8, 4) is 0 Å². The summed E-state index contributed by atoms with van der Waals surface area (Å²) in [6.45, 7) is 2.16. The maximum absolute atomic E-state index is 12.8. The summed E-state index contributed by atoms with van der Waals surface area (Å²) >= 11 is 4.04. The third kappa shape index (κ3) is 9.28. The molecular formula is C18H33N7O6S. The molecule has 14 heteroatoms. The molecule has 0 spiro atoms. The van der Waals surface area contributed by atoms with Crippen molar-refractivity contribution >= 4 is 42.3 Å². The van der Waals surface area contributed by atoms with E-state index in [2.05, 4.69) is 38.9 Å². The van der Waals surface area contributed by atoms with Crippen molar-refractivity contribution in [2.24, 2.45) is 16.5 Å². The van der Waals surface area contributed by atoms with Crippen LogP contribution in [0.1, 0.15) is 32.6 Å². The molecule has 182 valence electrons. The summed E-state index contributed by atoms with van der Waals surface area (Å²) in [5, 5.41) is 29.0. The Morgan fingerprint density at radius 3 is 2.31 bits per heavy atom. The van der Waals surface area contributed by atoms with Gasteiger partial charge in [0.15, 0.2) is 12.0 Å². The van der Waals surface area contributed by atoms with Gasteiger partial charge < -0.3 is 42.9 Å². The third-order valence-corrected chi connectivity index (χ3v) is 5.18. The number of nitrogens with one attached hydrogen (secondary N) is 4. The molecule has 0 bridgehead atoms. The third-order valence-electron chi connectivity index (χ3n) is 4.82. The molecule has 10 N–H and O–H groups in total. The van der Waals surface area contributed by atoms with Gasteiger partial charge in [-0.25, -0.2) is 4.79 Å². The van der Waals surface area contributed by atoms with E-state index in [9.17, 15) is 24.3 Å². The highest BCUT2D eigenvalue weighted by Crippen LogP contribution is 2.07. The highest BCUT2D eigenvalue weighted by atomic mass is 32.1. The molecule has 1 saturated heterocycles. The van der Waals surface area contributed by atoms with Crippen LogP contribution in [0.15, 0.2) is 4.99 Å². The molecule has 32 heavy (non-hydrogen) atoms. The number of hydrogen-bond acceptors (Lipinski definition) is 8. The number of aliphatic hydroxyl groups excluding tert-OH is 1. The lowest BCUT2D eigenvalue weighted by molar-refractivity contribution is -0.145. The molecule has 3 amide bonds. The average molecular weight is 476 g/mol. The Balaban J connectivity index is 2.82. The van der Waals surface area contributed by atoms with Gasteiger partial charge in [-0.1, -0.05) is 0 Å². The number of carbonyl (C=O) groups excluding carboxylic acids is 3. The molecule has 5 unspecified atom stereocenters. The van der Waals surface area contributed by atoms with E-state index in [1.807, 2.05) is 0 Å². The van der Waals surface area contributed by atoms with Gasteiger partial charge in [0.25, 0.3) is 0 Å². The minimum absolute atomic E-state index is 0.0944. The zero-order valence-corrected chi connectivity index (χ0v) is 18.8. The number of carboxylic acids is 1. The summed E-state index contributed by atoms with van der Waals surface area (Å²) in [5.41, 5.74) is 10.6. The molecule has 0 saturated carbocycles. The lowest BCUT2D eigenvalue weighted by atomic mass is 10.1. The van der Waals surface area contributed by atoms with Crippen LogP contribution in [0, 0.1) is 0 Å². The average Bonchev–Trinajstić information content (AvgIpc) is 3.26. The Kier molecular flexibility index (Phi) is 11.8. The van der Waals surface area contributed by atoms with E-state index in [1.165, 1.54) is 6.92 Å². The number of guanidine groups is 1. The molecule has 0 radical (unpaired) electrons. The summed E-state index contributed by atoms with van der Waals surface area (Å²) in [7, 11) is 0. The fourth-order valence-corrected chi connectivity index (χ4v) is 3.32. The van der Waals surface area contributed by atoms with Crippen LogP contribution < -0.4 is 32.7 Å². The second-order valence-corrected chi connectivity index (χ2v) is 7.83. The number of aliphatic carboxylic acids is 1. The predicted octanol–water partition coefficient (Wildman–Crippen LogP) is -3.36. The molecule has 0 aliphatic carbocycles. The van der Waals surface area contributed by atoms with E-state index in [-0.39, 0.29) is 30.6 Å². The first-order chi connectivity index (χ1) is 15.1. The smallest absolute Gasteiger partial charge is 0.328 e. The molecule has 0 aromatic heterocycles. The molecule has 1 aliphatic rings. The van der Waals surface area contributed by atoms with Gasteiger partial charge in [-0.05, 0) is 39.2 Å². The summed E-state index contributed by atoms with van der Waals surface area (Å²) < 4.78 is 0. The van der Waals surface area contributed by atoms with E-state index in [0.717, 1.165) is 6.42 Å². The van der Waals surface area contributed by atoms with Crippen molar-refractivity contribution in [2.45, 2.75) is 62.9 Å². The zero-order valence-electron chi connectivity index (χ0n) is 17.9. The molecule has 1 fully saturated rings. The van der Waals surface area contributed by atoms with E-state index in [4.69, 9.17) is 16.6 Å². The van der Waals surface area contributed by atoms with Crippen LogP contribution >= 0.6 is 12.6 Å². The van der Waals surface area contributed by atoms with Crippen LogP contribution in [-0.2, 0) is 19.2 Å². The van der Waals surface area contributed by atoms with Gasteiger partial charge in [-0.3, -0.25) is 19.4 Å². The SMILES string of the molecule is CC(O)C(NC(=O)C(CS)NC(=O)C(CCCN=C(N)N)NC(=O)C1CCCN1)C(=O)O. The fourth-order valence-electron chi connectivity index (χ4n) is 3.06. The van der Waals surface area contributed by atoms with Crippen LogP contribution in [0.2, 0.25) is 0 Å². The van der Waals surface area contributed by atoms with Crippen LogP contribution in [-0.4, -0.2) is 89.0 Å². The van der Waals surface area contributed by atoms with Crippen LogP contribution in [0.5, 0.6) is 0 Å². The zero-order chi connectivity index (χ0) is 24.3. The normalized spacial score (nSPS) is 19.2. The van der Waals surface area contributed by atoms with E-state index < -0.39 is 48.1 Å². The molecule has 1 rings (SSSR count). The molecule has 0 aromatic carbocycles. The van der Waals surface area contributed by atoms with Gasteiger partial charge in [0, 0.05) is 12.3 Å². The van der Waals surface area contributed by atoms with Crippen LogP contribution in [0.3, 0.4) is 0 Å². The van der Waals surface area contributed by atoms with E-state index in [1.54, 1.807) is 0 Å². The summed E-state index contributed by atoms with van der Waals surface area (Å²) in [6.07, 6.45) is 0.721. The lowest BCUT2D eigenvalue weighted by Gasteiger charge is -2.25. The van der Waals surface area contributed by atoms with Crippen LogP contribution in [0.4, 0.5) is 0 Å². The van der Waals surface area contributed by atoms with Crippen molar-refractivity contribution in [1.29, 1.82) is 0 Å². The maximum atomic E-state index is 12.8. The second kappa shape index (κ2) is 13.8. The topological polar surface area (TPSA) is 221 Å². The van der Waals surface area contributed by atoms with Crippen molar-refractivity contribution < 1.29 is 29.4 Å². The largest absolute Gasteiger partial charge is 0.480 e. The molecule has 5 atom stereocenters. The van der Waals surface area contributed by atoms with Gasteiger partial charge in [-0.2, -0.15) is 12.6 Å². The number of aliphatic imine (C=N–C) groups is 1. The summed E-state index contributed by atoms with van der Waals surface area (Å²) in [6, 6.07) is -4.12. The quantitative estimate of drug-likeness (QED) is 0.0561. The Bertz CT molecular complexity index is 695. The number of nitrogens with two attached hydrogens (primary N) is 2. The number of carboxylic acid groups (broad SMARTS) is 1. The van der Waals surface area contributed by atoms with E-state index in [0.29, 0.717) is 19.4 Å². The molecule has 1 aliphatic heterocycles. The van der Waals surface area contributed by atoms with Crippen molar-refractivity contribution in [3.63, 3.8) is 0 Å². The predicted molar refractivity (Wildman–Crippen MR) is 120 cm³/mol. The number of aliphatic hydroxyl groups is 1. The van der Waals surface area contributed by atoms with Gasteiger partial charge >= 0.3 is 5.97 Å². The Labute approximate surface area is 191 Å². The first-order valence-electron chi connectivity index (χ1n) is 10.3. The van der Waals surface area contributed by atoms with Gasteiger partial charge in [0.2, 0.25) is 17.7 Å². The minimum atomic E-state index is -1.55. The summed E-state index contributed by atoms with van der Waals surface area (Å²) in [5.74, 6) is -3.46. The molecule has 0 aromatic rings. The second-order valence-electron chi connectivity index (χ2n) is 7.47. The standard InChI is InChI=1S/C18H33N7O6S/c1-9(26)13(17(30)31)25-16(29)12(8-32)24-15(28)11(5-3-7-22-18(19)20)23-14(27)10-4-2-6-21-10/h9-13,21,26,32H,2-8H2,1H3,(H,23,27)(H,24,28)(H,25,29)(H,30,31)(H4,19,20,22). The highest BCUT2D eigenvalue weighted by Gasteiger charge is 2.32. The summed E-state index contributed by atoms with van der Waals surface area (Å²) in [4.78, 5) is 52.8. The van der Waals surface area contributed by atoms with Gasteiger partial charge in [0.05, 0.1) is 12.1 Å². The number of hydrogen-bond donors (Lipinski definition) is 9. The molecule has 13 nitrogen and oxygen atoms in total. The Morgan fingerprint density at radius 2 is 1.81 bits per heavy atom. The first kappa shape index (κ1) is 27.5. The number of thiol groups is 1. The Hall–Kier alpha value is -2.58. The number of nitrogens with zero attached hydrogens (tertiary/aromatic N) is 1.